The van der Waals surface area contributed by atoms with Gasteiger partial charge in [-0.3, -0.25) is 9.59 Å². The Hall–Kier alpha value is -3.11. The Bertz CT molecular complexity index is 1280. The second kappa shape index (κ2) is 9.76. The molecule has 216 valence electrons. The largest absolute Gasteiger partial charge is 0.457 e. The lowest BCUT2D eigenvalue weighted by Gasteiger charge is -2.62. The Morgan fingerprint density at radius 1 is 1.20 bits per heavy atom. The van der Waals surface area contributed by atoms with Gasteiger partial charge < -0.3 is 23.7 Å². The van der Waals surface area contributed by atoms with Crippen LogP contribution in [0.1, 0.15) is 57.0 Å². The molecule has 9 nitrogen and oxygen atoms in total. The van der Waals surface area contributed by atoms with E-state index in [2.05, 4.69) is 0 Å². The van der Waals surface area contributed by atoms with Crippen LogP contribution in [-0.2, 0) is 28.6 Å². The van der Waals surface area contributed by atoms with Gasteiger partial charge in [0.2, 0.25) is 11.5 Å². The average molecular weight is 559 g/mol. The molecular formula is C30H35FO9. The summed E-state index contributed by atoms with van der Waals surface area (Å²) < 4.78 is 38.8. The first-order chi connectivity index (χ1) is 18.8. The third kappa shape index (κ3) is 3.79. The highest BCUT2D eigenvalue weighted by molar-refractivity contribution is 6.01. The molecule has 3 fully saturated rings. The van der Waals surface area contributed by atoms with E-state index in [4.69, 9.17) is 18.6 Å². The van der Waals surface area contributed by atoms with Gasteiger partial charge in [-0.05, 0) is 62.8 Å². The van der Waals surface area contributed by atoms with Crippen LogP contribution in [0.4, 0.5) is 4.39 Å². The van der Waals surface area contributed by atoms with Crippen molar-refractivity contribution in [2.24, 2.45) is 28.6 Å². The summed E-state index contributed by atoms with van der Waals surface area (Å²) in [5, 5.41) is 11.7. The second-order valence-corrected chi connectivity index (χ2v) is 12.0. The lowest BCUT2D eigenvalue weighted by molar-refractivity contribution is -0.220. The molecule has 0 aliphatic heterocycles. The zero-order valence-electron chi connectivity index (χ0n) is 23.1. The van der Waals surface area contributed by atoms with Crippen molar-refractivity contribution in [2.45, 2.75) is 63.8 Å². The maximum atomic E-state index is 17.5. The van der Waals surface area contributed by atoms with Gasteiger partial charge in [-0.1, -0.05) is 25.5 Å². The SMILES string of the molecule is COCC(=O)OCC(=O)[C@@]1(OC(=O)c2ccco2)[C@H](C)CC2C3CCC4=CC(=O)C=CC4(C)[C@@]3(F)C(O)CC21C. The lowest BCUT2D eigenvalue weighted by Crippen LogP contribution is -2.70. The van der Waals surface area contributed by atoms with Crippen LogP contribution in [0, 0.1) is 28.6 Å². The molecule has 4 aliphatic carbocycles. The number of aliphatic hydroxyl groups is 1. The summed E-state index contributed by atoms with van der Waals surface area (Å²) in [6, 6.07) is 2.92. The molecule has 1 aromatic heterocycles. The number of hydrogen-bond acceptors (Lipinski definition) is 9. The van der Waals surface area contributed by atoms with Gasteiger partial charge in [-0.15, -0.1) is 0 Å². The summed E-state index contributed by atoms with van der Waals surface area (Å²) in [4.78, 5) is 51.5. The zero-order valence-corrected chi connectivity index (χ0v) is 23.1. The molecule has 40 heavy (non-hydrogen) atoms. The highest BCUT2D eigenvalue weighted by atomic mass is 19.1. The monoisotopic (exact) mass is 558 g/mol. The van der Waals surface area contributed by atoms with Gasteiger partial charge in [0.15, 0.2) is 23.7 Å². The van der Waals surface area contributed by atoms with Crippen LogP contribution in [0.25, 0.3) is 0 Å². The van der Waals surface area contributed by atoms with E-state index in [1.807, 2.05) is 0 Å². The maximum Gasteiger partial charge on any atom is 0.375 e. The predicted molar refractivity (Wildman–Crippen MR) is 138 cm³/mol. The number of aliphatic hydroxyl groups excluding tert-OH is 1. The molecular weight excluding hydrogens is 523 g/mol. The van der Waals surface area contributed by atoms with Crippen molar-refractivity contribution in [3.8, 4) is 0 Å². The summed E-state index contributed by atoms with van der Waals surface area (Å²) in [5.74, 6) is -4.39. The first-order valence-corrected chi connectivity index (χ1v) is 13.6. The molecule has 3 saturated carbocycles. The van der Waals surface area contributed by atoms with Crippen LogP contribution < -0.4 is 0 Å². The highest BCUT2D eigenvalue weighted by Crippen LogP contribution is 2.71. The van der Waals surface area contributed by atoms with Gasteiger partial charge in [0, 0.05) is 29.8 Å². The van der Waals surface area contributed by atoms with Crippen molar-refractivity contribution in [3.05, 3.63) is 48.0 Å². The van der Waals surface area contributed by atoms with Crippen LogP contribution in [0.3, 0.4) is 0 Å². The number of rotatable bonds is 7. The number of hydrogen-bond donors (Lipinski definition) is 1. The van der Waals surface area contributed by atoms with E-state index in [0.29, 0.717) is 24.8 Å². The maximum absolute atomic E-state index is 17.5. The highest BCUT2D eigenvalue weighted by Gasteiger charge is 2.77. The Morgan fingerprint density at radius 2 is 1.95 bits per heavy atom. The molecule has 0 amide bonds. The van der Waals surface area contributed by atoms with E-state index in [9.17, 15) is 24.3 Å². The zero-order chi connectivity index (χ0) is 29.1. The Balaban J connectivity index is 1.58. The quantitative estimate of drug-likeness (QED) is 0.500. The fourth-order valence-corrected chi connectivity index (χ4v) is 8.40. The van der Waals surface area contributed by atoms with Crippen molar-refractivity contribution in [1.29, 1.82) is 0 Å². The summed E-state index contributed by atoms with van der Waals surface area (Å²) in [5.41, 5.74) is -5.72. The van der Waals surface area contributed by atoms with Gasteiger partial charge in [0.1, 0.15) is 6.61 Å². The number of fused-ring (bicyclic) bond motifs is 5. The number of ketones is 2. The standard InChI is InChI=1S/C30H35FO9/c1-17-12-21-20-8-7-18-13-19(32)9-10-27(18,2)29(20,31)23(33)14-28(21,3)30(17,24(34)15-39-25(35)16-37-4)40-26(36)22-6-5-11-38-22/h5-6,9-11,13,17,20-21,23,33H,7-8,12,14-16H2,1-4H3/t17-,20?,21?,23?,27?,28?,29+,30+/m1/s1. The van der Waals surface area contributed by atoms with E-state index in [0.717, 1.165) is 0 Å². The van der Waals surface area contributed by atoms with Crippen LogP contribution in [0.2, 0.25) is 0 Å². The van der Waals surface area contributed by atoms with Gasteiger partial charge in [-0.2, -0.15) is 0 Å². The second-order valence-electron chi connectivity index (χ2n) is 12.0. The number of ether oxygens (including phenoxy) is 3. The van der Waals surface area contributed by atoms with Crippen LogP contribution in [-0.4, -0.2) is 66.3 Å². The predicted octanol–water partition coefficient (Wildman–Crippen LogP) is 3.55. The van der Waals surface area contributed by atoms with Gasteiger partial charge in [0.05, 0.1) is 12.4 Å². The third-order valence-corrected chi connectivity index (χ3v) is 10.2. The van der Waals surface area contributed by atoms with Crippen molar-refractivity contribution in [3.63, 3.8) is 0 Å². The van der Waals surface area contributed by atoms with Crippen molar-refractivity contribution in [1.82, 2.24) is 0 Å². The van der Waals surface area contributed by atoms with Crippen molar-refractivity contribution < 1.29 is 47.3 Å². The molecule has 5 rings (SSSR count). The number of methoxy groups -OCH3 is 1. The van der Waals surface area contributed by atoms with Crippen LogP contribution >= 0.6 is 0 Å². The molecule has 0 aromatic carbocycles. The number of halogens is 1. The van der Waals surface area contributed by atoms with Crippen LogP contribution in [0.15, 0.2) is 46.6 Å². The van der Waals surface area contributed by atoms with Gasteiger partial charge >= 0.3 is 11.9 Å². The molecule has 0 radical (unpaired) electrons. The first-order valence-electron chi connectivity index (χ1n) is 13.6. The molecule has 0 spiro atoms. The summed E-state index contributed by atoms with van der Waals surface area (Å²) in [6.07, 6.45) is 5.08. The normalized spacial score (nSPS) is 40.0. The number of esters is 2. The topological polar surface area (TPSA) is 129 Å². The molecule has 4 aliphatic rings. The molecule has 0 saturated heterocycles. The molecule has 5 unspecified atom stereocenters. The number of allylic oxidation sites excluding steroid dienone is 4. The summed E-state index contributed by atoms with van der Waals surface area (Å²) >= 11 is 0. The molecule has 1 N–H and O–H groups in total. The van der Waals surface area contributed by atoms with Gasteiger partial charge in [0.25, 0.3) is 0 Å². The molecule has 1 aromatic rings. The summed E-state index contributed by atoms with van der Waals surface area (Å²) in [6.45, 7) is 4.18. The third-order valence-electron chi connectivity index (χ3n) is 10.2. The fraction of sp³-hybridized carbons (Fsp3) is 0.600. The van der Waals surface area contributed by atoms with Crippen molar-refractivity contribution >= 4 is 23.5 Å². The molecule has 1 heterocycles. The van der Waals surface area contributed by atoms with E-state index < -0.39 is 70.3 Å². The van der Waals surface area contributed by atoms with Crippen LogP contribution in [0.5, 0.6) is 0 Å². The number of Topliss-reactive ketones (excluding diaryl/α,β-unsaturated/α-hetero) is 1. The summed E-state index contributed by atoms with van der Waals surface area (Å²) in [7, 11) is 1.32. The van der Waals surface area contributed by atoms with Gasteiger partial charge in [-0.25, -0.2) is 14.0 Å². The minimum atomic E-state index is -2.12. The average Bonchev–Trinajstić information content (AvgIpc) is 3.51. The Labute approximate surface area is 231 Å². The van der Waals surface area contributed by atoms with E-state index in [-0.39, 0.29) is 24.6 Å². The smallest absolute Gasteiger partial charge is 0.375 e. The van der Waals surface area contributed by atoms with E-state index in [1.54, 1.807) is 26.8 Å². The number of alkyl halides is 1. The minimum Gasteiger partial charge on any atom is -0.457 e. The number of furan rings is 1. The lowest BCUT2D eigenvalue weighted by atomic mass is 9.44. The minimum absolute atomic E-state index is 0.115. The van der Waals surface area contributed by atoms with E-state index in [1.165, 1.54) is 37.7 Å². The van der Waals surface area contributed by atoms with E-state index >= 15 is 4.39 Å². The molecule has 10 heteroatoms. The first kappa shape index (κ1) is 28.4. The fourth-order valence-electron chi connectivity index (χ4n) is 8.40. The number of carbonyl (C=O) groups is 4. The Morgan fingerprint density at radius 3 is 2.62 bits per heavy atom. The molecule has 8 atom stereocenters. The number of carbonyl (C=O) groups excluding carboxylic acids is 4. The Kier molecular flexibility index (Phi) is 6.94. The molecule has 0 bridgehead atoms. The van der Waals surface area contributed by atoms with Crippen molar-refractivity contribution in [2.75, 3.05) is 20.3 Å².